The molecule has 0 fully saturated rings. The van der Waals surface area contributed by atoms with Gasteiger partial charge in [0.2, 0.25) is 0 Å². The van der Waals surface area contributed by atoms with Crippen molar-refractivity contribution in [2.45, 2.75) is 10.9 Å². The summed E-state index contributed by atoms with van der Waals surface area (Å²) in [4.78, 5) is 4.55. The molecule has 0 spiro atoms. The summed E-state index contributed by atoms with van der Waals surface area (Å²) >= 11 is 6.83. The van der Waals surface area contributed by atoms with Gasteiger partial charge < -0.3 is 11.1 Å². The first-order chi connectivity index (χ1) is 10.2. The van der Waals surface area contributed by atoms with E-state index in [0.29, 0.717) is 0 Å². The quantitative estimate of drug-likeness (QED) is 0.495. The van der Waals surface area contributed by atoms with Crippen LogP contribution in [0.4, 0.5) is 11.4 Å². The molecule has 108 valence electrons. The number of benzene rings is 2. The number of aromatic nitrogens is 1. The summed E-state index contributed by atoms with van der Waals surface area (Å²) in [5, 5.41) is 3.38. The van der Waals surface area contributed by atoms with Gasteiger partial charge in [-0.2, -0.15) is 0 Å². The fourth-order valence-corrected chi connectivity index (χ4v) is 3.97. The minimum absolute atomic E-state index is 0.743. The zero-order chi connectivity index (χ0) is 14.8. The number of nitrogens with two attached hydrogens (primary N) is 1. The molecular formula is C15H14BrN3S2. The van der Waals surface area contributed by atoms with Crippen molar-refractivity contribution in [1.29, 1.82) is 0 Å². The zero-order valence-electron chi connectivity index (χ0n) is 11.4. The standard InChI is InChI=1S/C15H14BrN3S2/c1-20-15-19-13-4-2-9(6-14(13)21-15)8-18-12-5-3-10(16)7-11(12)17/h2-7,18H,8,17H2,1H3. The van der Waals surface area contributed by atoms with E-state index in [1.165, 1.54) is 10.3 Å². The van der Waals surface area contributed by atoms with Gasteiger partial charge in [-0.1, -0.05) is 33.8 Å². The number of halogens is 1. The van der Waals surface area contributed by atoms with Gasteiger partial charge in [-0.3, -0.25) is 0 Å². The van der Waals surface area contributed by atoms with Gasteiger partial charge in [-0.05, 0) is 42.2 Å². The van der Waals surface area contributed by atoms with Gasteiger partial charge >= 0.3 is 0 Å². The maximum absolute atomic E-state index is 5.99. The molecule has 0 radical (unpaired) electrons. The van der Waals surface area contributed by atoms with E-state index in [2.05, 4.69) is 50.7 Å². The van der Waals surface area contributed by atoms with Crippen LogP contribution in [-0.4, -0.2) is 11.2 Å². The molecule has 1 heterocycles. The molecule has 3 N–H and O–H groups in total. The van der Waals surface area contributed by atoms with Crippen molar-refractivity contribution in [2.24, 2.45) is 0 Å². The molecule has 0 saturated carbocycles. The molecule has 0 atom stereocenters. The van der Waals surface area contributed by atoms with Gasteiger partial charge in [0.1, 0.15) is 0 Å². The smallest absolute Gasteiger partial charge is 0.150 e. The summed E-state index contributed by atoms with van der Waals surface area (Å²) in [5.74, 6) is 0. The second-order valence-electron chi connectivity index (χ2n) is 4.57. The Balaban J connectivity index is 1.78. The third-order valence-electron chi connectivity index (χ3n) is 3.10. The predicted molar refractivity (Wildman–Crippen MR) is 97.3 cm³/mol. The van der Waals surface area contributed by atoms with Crippen LogP contribution in [0.1, 0.15) is 5.56 Å². The summed E-state index contributed by atoms with van der Waals surface area (Å²) in [5.41, 5.74) is 9.98. The lowest BCUT2D eigenvalue weighted by atomic mass is 10.2. The summed E-state index contributed by atoms with van der Waals surface area (Å²) in [6.07, 6.45) is 2.05. The summed E-state index contributed by atoms with van der Waals surface area (Å²) < 4.78 is 3.32. The van der Waals surface area contributed by atoms with Crippen molar-refractivity contribution in [3.8, 4) is 0 Å². The monoisotopic (exact) mass is 379 g/mol. The lowest BCUT2D eigenvalue weighted by Crippen LogP contribution is -2.02. The number of fused-ring (bicyclic) bond motifs is 1. The second-order valence-corrected chi connectivity index (χ2v) is 7.57. The average Bonchev–Trinajstić information content (AvgIpc) is 2.88. The highest BCUT2D eigenvalue weighted by atomic mass is 79.9. The van der Waals surface area contributed by atoms with Gasteiger partial charge in [-0.25, -0.2) is 4.98 Å². The van der Waals surface area contributed by atoms with Crippen LogP contribution in [-0.2, 0) is 6.54 Å². The highest BCUT2D eigenvalue weighted by molar-refractivity contribution is 9.10. The SMILES string of the molecule is CSc1nc2ccc(CNc3ccc(Br)cc3N)cc2s1. The van der Waals surface area contributed by atoms with Gasteiger partial charge in [0, 0.05) is 11.0 Å². The van der Waals surface area contributed by atoms with E-state index in [4.69, 9.17) is 5.73 Å². The number of hydrogen-bond donors (Lipinski definition) is 2. The number of rotatable bonds is 4. The molecule has 0 amide bonds. The Bertz CT molecular complexity index is 786. The van der Waals surface area contributed by atoms with Crippen LogP contribution in [0.5, 0.6) is 0 Å². The van der Waals surface area contributed by atoms with Crippen molar-refractivity contribution in [1.82, 2.24) is 4.98 Å². The molecule has 1 aromatic heterocycles. The molecule has 0 saturated heterocycles. The number of thioether (sulfide) groups is 1. The molecule has 6 heteroatoms. The minimum atomic E-state index is 0.743. The van der Waals surface area contributed by atoms with Gasteiger partial charge in [-0.15, -0.1) is 11.3 Å². The summed E-state index contributed by atoms with van der Waals surface area (Å²) in [6, 6.07) is 12.2. The van der Waals surface area contributed by atoms with E-state index >= 15 is 0 Å². The van der Waals surface area contributed by atoms with E-state index in [0.717, 1.165) is 32.2 Å². The first-order valence-electron chi connectivity index (χ1n) is 6.38. The van der Waals surface area contributed by atoms with E-state index in [1.54, 1.807) is 23.1 Å². The van der Waals surface area contributed by atoms with Crippen molar-refractivity contribution in [3.05, 3.63) is 46.4 Å². The molecule has 0 aliphatic rings. The highest BCUT2D eigenvalue weighted by Gasteiger charge is 2.05. The van der Waals surface area contributed by atoms with Crippen molar-refractivity contribution < 1.29 is 0 Å². The van der Waals surface area contributed by atoms with Crippen molar-refractivity contribution >= 4 is 60.6 Å². The molecule has 3 rings (SSSR count). The molecular weight excluding hydrogens is 366 g/mol. The maximum Gasteiger partial charge on any atom is 0.150 e. The van der Waals surface area contributed by atoms with E-state index < -0.39 is 0 Å². The van der Waals surface area contributed by atoms with Crippen LogP contribution >= 0.6 is 39.0 Å². The van der Waals surface area contributed by atoms with Gasteiger partial charge in [0.05, 0.1) is 21.6 Å². The number of nitrogens with one attached hydrogen (secondary N) is 1. The Labute approximate surface area is 140 Å². The van der Waals surface area contributed by atoms with Crippen LogP contribution in [0.3, 0.4) is 0 Å². The summed E-state index contributed by atoms with van der Waals surface area (Å²) in [7, 11) is 0. The summed E-state index contributed by atoms with van der Waals surface area (Å²) in [6.45, 7) is 0.744. The maximum atomic E-state index is 5.99. The van der Waals surface area contributed by atoms with Crippen molar-refractivity contribution in [3.63, 3.8) is 0 Å². The second kappa shape index (κ2) is 6.25. The molecule has 0 bridgehead atoms. The highest BCUT2D eigenvalue weighted by Crippen LogP contribution is 2.29. The Morgan fingerprint density at radius 2 is 2.14 bits per heavy atom. The number of anilines is 2. The first kappa shape index (κ1) is 14.7. The molecule has 0 aliphatic heterocycles. The Morgan fingerprint density at radius 3 is 2.90 bits per heavy atom. The predicted octanol–water partition coefficient (Wildman–Crippen LogP) is 4.98. The molecule has 0 aliphatic carbocycles. The molecule has 0 unspecified atom stereocenters. The van der Waals surface area contributed by atoms with Gasteiger partial charge in [0.15, 0.2) is 4.34 Å². The first-order valence-corrected chi connectivity index (χ1v) is 9.21. The normalized spacial score (nSPS) is 11.0. The van der Waals surface area contributed by atoms with Crippen molar-refractivity contribution in [2.75, 3.05) is 17.3 Å². The topological polar surface area (TPSA) is 50.9 Å². The van der Waals surface area contributed by atoms with E-state index in [1.807, 2.05) is 18.2 Å². The third kappa shape index (κ3) is 3.33. The minimum Gasteiger partial charge on any atom is -0.397 e. The Morgan fingerprint density at radius 1 is 1.29 bits per heavy atom. The van der Waals surface area contributed by atoms with E-state index in [9.17, 15) is 0 Å². The molecule has 3 nitrogen and oxygen atoms in total. The fourth-order valence-electron chi connectivity index (χ4n) is 2.04. The number of nitrogen functional groups attached to an aromatic ring is 1. The lowest BCUT2D eigenvalue weighted by molar-refractivity contribution is 1.16. The van der Waals surface area contributed by atoms with Crippen LogP contribution in [0, 0.1) is 0 Å². The van der Waals surface area contributed by atoms with Crippen LogP contribution in [0.2, 0.25) is 0 Å². The Kier molecular flexibility index (Phi) is 4.37. The fraction of sp³-hybridized carbons (Fsp3) is 0.133. The zero-order valence-corrected chi connectivity index (χ0v) is 14.6. The third-order valence-corrected chi connectivity index (χ3v) is 5.60. The number of nitrogens with zero attached hydrogens (tertiary/aromatic N) is 1. The van der Waals surface area contributed by atoms with Crippen LogP contribution < -0.4 is 11.1 Å². The number of hydrogen-bond acceptors (Lipinski definition) is 5. The largest absolute Gasteiger partial charge is 0.397 e. The molecule has 3 aromatic rings. The molecule has 2 aromatic carbocycles. The van der Waals surface area contributed by atoms with Crippen LogP contribution in [0.25, 0.3) is 10.2 Å². The Hall–Kier alpha value is -1.24. The number of thiazole rings is 1. The molecule has 21 heavy (non-hydrogen) atoms. The average molecular weight is 380 g/mol. The van der Waals surface area contributed by atoms with E-state index in [-0.39, 0.29) is 0 Å². The van der Waals surface area contributed by atoms with Crippen LogP contribution in [0.15, 0.2) is 45.2 Å². The lowest BCUT2D eigenvalue weighted by Gasteiger charge is -2.09. The van der Waals surface area contributed by atoms with Gasteiger partial charge in [0.25, 0.3) is 0 Å².